The molecule has 1 N–H and O–H groups in total. The van der Waals surface area contributed by atoms with Crippen LogP contribution in [0.4, 0.5) is 5.82 Å². The van der Waals surface area contributed by atoms with Gasteiger partial charge < -0.3 is 14.7 Å². The molecule has 92 valence electrons. The van der Waals surface area contributed by atoms with E-state index in [0.717, 1.165) is 18.9 Å². The van der Waals surface area contributed by atoms with E-state index in [2.05, 4.69) is 14.9 Å². The van der Waals surface area contributed by atoms with Crippen LogP contribution in [0.15, 0.2) is 17.4 Å². The zero-order valence-electron chi connectivity index (χ0n) is 9.20. The summed E-state index contributed by atoms with van der Waals surface area (Å²) >= 11 is 1.20. The van der Waals surface area contributed by atoms with Crippen LogP contribution in [0.1, 0.15) is 0 Å². The lowest BCUT2D eigenvalue weighted by molar-refractivity contribution is -0.133. The molecular weight excluding hydrogens is 242 g/mol. The number of hydrogen-bond donors (Lipinski definition) is 1. The first-order valence-electron chi connectivity index (χ1n) is 5.25. The number of carbonyl (C=O) groups is 1. The van der Waals surface area contributed by atoms with Gasteiger partial charge in [0.25, 0.3) is 0 Å². The van der Waals surface area contributed by atoms with E-state index >= 15 is 0 Å². The van der Waals surface area contributed by atoms with Crippen LogP contribution in [0.2, 0.25) is 0 Å². The van der Waals surface area contributed by atoms with E-state index in [0.29, 0.717) is 18.2 Å². The number of hydrogen-bond acceptors (Lipinski definition) is 6. The highest BCUT2D eigenvalue weighted by Crippen LogP contribution is 2.20. The van der Waals surface area contributed by atoms with Crippen LogP contribution in [0.5, 0.6) is 0 Å². The van der Waals surface area contributed by atoms with Gasteiger partial charge in [0.05, 0.1) is 19.0 Å². The Kier molecular flexibility index (Phi) is 4.16. The lowest BCUT2D eigenvalue weighted by Crippen LogP contribution is -2.36. The monoisotopic (exact) mass is 255 g/mol. The summed E-state index contributed by atoms with van der Waals surface area (Å²) in [4.78, 5) is 20.8. The Balaban J connectivity index is 2.02. The summed E-state index contributed by atoms with van der Waals surface area (Å²) < 4.78 is 5.26. The van der Waals surface area contributed by atoms with Gasteiger partial charge in [-0.25, -0.2) is 9.97 Å². The van der Waals surface area contributed by atoms with Gasteiger partial charge in [0.15, 0.2) is 0 Å². The van der Waals surface area contributed by atoms with E-state index < -0.39 is 5.97 Å². The average Bonchev–Trinajstić information content (AvgIpc) is 2.38. The first-order chi connectivity index (χ1) is 8.25. The molecule has 1 fully saturated rings. The maximum absolute atomic E-state index is 10.5. The number of ether oxygens (including phenoxy) is 1. The maximum Gasteiger partial charge on any atom is 0.313 e. The van der Waals surface area contributed by atoms with E-state index in [4.69, 9.17) is 9.84 Å². The lowest BCUT2D eigenvalue weighted by atomic mass is 10.4. The fraction of sp³-hybridized carbons (Fsp3) is 0.500. The second-order valence-corrected chi connectivity index (χ2v) is 4.49. The fourth-order valence-electron chi connectivity index (χ4n) is 1.51. The van der Waals surface area contributed by atoms with Gasteiger partial charge in [0.2, 0.25) is 0 Å². The van der Waals surface area contributed by atoms with Crippen molar-refractivity contribution in [1.82, 2.24) is 9.97 Å². The van der Waals surface area contributed by atoms with Crippen LogP contribution in [-0.4, -0.2) is 53.1 Å². The van der Waals surface area contributed by atoms with Crippen molar-refractivity contribution in [1.29, 1.82) is 0 Å². The Labute approximate surface area is 103 Å². The summed E-state index contributed by atoms with van der Waals surface area (Å²) in [6, 6.07) is 1.82. The molecule has 0 saturated carbocycles. The van der Waals surface area contributed by atoms with Crippen molar-refractivity contribution in [2.24, 2.45) is 0 Å². The third-order valence-corrected chi connectivity index (χ3v) is 3.22. The van der Waals surface area contributed by atoms with Crippen molar-refractivity contribution < 1.29 is 14.6 Å². The number of morpholine rings is 1. The SMILES string of the molecule is O=C(O)CSc1cc(N2CCOCC2)ncn1. The predicted octanol–water partition coefficient (Wildman–Crippen LogP) is 0.490. The quantitative estimate of drug-likeness (QED) is 0.619. The molecule has 1 saturated heterocycles. The second kappa shape index (κ2) is 5.83. The summed E-state index contributed by atoms with van der Waals surface area (Å²) in [6.07, 6.45) is 1.47. The van der Waals surface area contributed by atoms with Crippen LogP contribution < -0.4 is 4.90 Å². The van der Waals surface area contributed by atoms with Gasteiger partial charge in [0, 0.05) is 19.2 Å². The van der Waals surface area contributed by atoms with Crippen molar-refractivity contribution in [3.8, 4) is 0 Å². The molecule has 7 heteroatoms. The highest BCUT2D eigenvalue weighted by atomic mass is 32.2. The molecule has 0 radical (unpaired) electrons. The van der Waals surface area contributed by atoms with Crippen LogP contribution >= 0.6 is 11.8 Å². The van der Waals surface area contributed by atoms with Crippen LogP contribution in [0.25, 0.3) is 0 Å². The third kappa shape index (κ3) is 3.57. The average molecular weight is 255 g/mol. The van der Waals surface area contributed by atoms with Gasteiger partial charge in [-0.05, 0) is 0 Å². The van der Waals surface area contributed by atoms with Gasteiger partial charge in [-0.2, -0.15) is 0 Å². The summed E-state index contributed by atoms with van der Waals surface area (Å²) in [6.45, 7) is 3.00. The Morgan fingerprint density at radius 3 is 2.94 bits per heavy atom. The highest BCUT2D eigenvalue weighted by Gasteiger charge is 2.13. The normalized spacial score (nSPS) is 15.9. The number of aromatic nitrogens is 2. The Hall–Kier alpha value is -1.34. The van der Waals surface area contributed by atoms with Crippen molar-refractivity contribution >= 4 is 23.5 Å². The molecule has 2 rings (SSSR count). The minimum atomic E-state index is -0.846. The minimum Gasteiger partial charge on any atom is -0.481 e. The zero-order chi connectivity index (χ0) is 12.1. The summed E-state index contributed by atoms with van der Waals surface area (Å²) in [5.74, 6) is -0.00254. The van der Waals surface area contributed by atoms with E-state index in [1.807, 2.05) is 6.07 Å². The molecular formula is C10H13N3O3S. The Bertz CT molecular complexity index is 396. The molecule has 0 unspecified atom stereocenters. The molecule has 0 aromatic carbocycles. The van der Waals surface area contributed by atoms with Crippen molar-refractivity contribution in [2.75, 3.05) is 37.0 Å². The van der Waals surface area contributed by atoms with Gasteiger partial charge in [-0.3, -0.25) is 4.79 Å². The predicted molar refractivity (Wildman–Crippen MR) is 63.4 cm³/mol. The number of thioether (sulfide) groups is 1. The van der Waals surface area contributed by atoms with Gasteiger partial charge >= 0.3 is 5.97 Å². The molecule has 0 bridgehead atoms. The number of nitrogens with zero attached hydrogens (tertiary/aromatic N) is 3. The second-order valence-electron chi connectivity index (χ2n) is 3.50. The molecule has 0 spiro atoms. The number of carboxylic acids is 1. The largest absolute Gasteiger partial charge is 0.481 e. The van der Waals surface area contributed by atoms with E-state index in [9.17, 15) is 4.79 Å². The molecule has 1 aromatic rings. The summed E-state index contributed by atoms with van der Waals surface area (Å²) in [7, 11) is 0. The first-order valence-corrected chi connectivity index (χ1v) is 6.23. The fourth-order valence-corrected chi connectivity index (χ4v) is 2.09. The molecule has 2 heterocycles. The van der Waals surface area contributed by atoms with Crippen molar-refractivity contribution in [2.45, 2.75) is 5.03 Å². The summed E-state index contributed by atoms with van der Waals surface area (Å²) in [5.41, 5.74) is 0. The van der Waals surface area contributed by atoms with Gasteiger partial charge in [0.1, 0.15) is 17.2 Å². The van der Waals surface area contributed by atoms with E-state index in [1.165, 1.54) is 18.1 Å². The summed E-state index contributed by atoms with van der Waals surface area (Å²) in [5, 5.41) is 9.29. The Morgan fingerprint density at radius 1 is 1.47 bits per heavy atom. The van der Waals surface area contributed by atoms with E-state index in [1.54, 1.807) is 0 Å². The standard InChI is InChI=1S/C10H13N3O3S/c14-10(15)6-17-9-5-8(11-7-12-9)13-1-3-16-4-2-13/h5,7H,1-4,6H2,(H,14,15). The number of carboxylic acid groups (broad SMARTS) is 1. The van der Waals surface area contributed by atoms with Crippen molar-refractivity contribution in [3.05, 3.63) is 12.4 Å². The topological polar surface area (TPSA) is 75.5 Å². The molecule has 0 atom stereocenters. The number of rotatable bonds is 4. The van der Waals surface area contributed by atoms with Crippen LogP contribution in [0, 0.1) is 0 Å². The zero-order valence-corrected chi connectivity index (χ0v) is 10.0. The molecule has 0 amide bonds. The molecule has 0 aliphatic carbocycles. The number of aliphatic carboxylic acids is 1. The van der Waals surface area contributed by atoms with Crippen molar-refractivity contribution in [3.63, 3.8) is 0 Å². The number of anilines is 1. The molecule has 1 aromatic heterocycles. The van der Waals surface area contributed by atoms with Gasteiger partial charge in [-0.15, -0.1) is 0 Å². The molecule has 1 aliphatic rings. The molecule has 6 nitrogen and oxygen atoms in total. The Morgan fingerprint density at radius 2 is 2.24 bits per heavy atom. The highest BCUT2D eigenvalue weighted by molar-refractivity contribution is 7.99. The van der Waals surface area contributed by atoms with Crippen LogP contribution in [0.3, 0.4) is 0 Å². The smallest absolute Gasteiger partial charge is 0.313 e. The molecule has 1 aliphatic heterocycles. The van der Waals surface area contributed by atoms with Crippen LogP contribution in [-0.2, 0) is 9.53 Å². The maximum atomic E-state index is 10.5. The lowest BCUT2D eigenvalue weighted by Gasteiger charge is -2.27. The first kappa shape index (κ1) is 12.1. The third-order valence-electron chi connectivity index (χ3n) is 2.31. The molecule has 17 heavy (non-hydrogen) atoms. The van der Waals surface area contributed by atoms with Gasteiger partial charge in [-0.1, -0.05) is 11.8 Å². The minimum absolute atomic E-state index is 0.0135. The van der Waals surface area contributed by atoms with E-state index in [-0.39, 0.29) is 5.75 Å².